The van der Waals surface area contributed by atoms with Crippen LogP contribution in [0.4, 0.5) is 17.5 Å². The number of rotatable bonds is 5. The molecule has 0 bridgehead atoms. The molecule has 0 atom stereocenters. The summed E-state index contributed by atoms with van der Waals surface area (Å²) in [6.07, 6.45) is 1.76. The Morgan fingerprint density at radius 3 is 2.47 bits per heavy atom. The van der Waals surface area contributed by atoms with E-state index in [2.05, 4.69) is 21.4 Å². The maximum absolute atomic E-state index is 11.8. The number of nitriles is 1. The Bertz CT molecular complexity index is 1170. The summed E-state index contributed by atoms with van der Waals surface area (Å²) < 4.78 is 25.1. The minimum atomic E-state index is -3.15. The van der Waals surface area contributed by atoms with E-state index in [1.54, 1.807) is 23.8 Å². The Hall–Kier alpha value is -2.19. The first kappa shape index (κ1) is 21.1. The molecule has 154 valence electrons. The summed E-state index contributed by atoms with van der Waals surface area (Å²) >= 11 is 2.27. The van der Waals surface area contributed by atoms with E-state index >= 15 is 0 Å². The van der Waals surface area contributed by atoms with Crippen LogP contribution in [0.3, 0.4) is 0 Å². The van der Waals surface area contributed by atoms with Crippen LogP contribution < -0.4 is 10.2 Å². The predicted molar refractivity (Wildman–Crippen MR) is 110 cm³/mol. The van der Waals surface area contributed by atoms with Crippen LogP contribution in [0.25, 0.3) is 10.6 Å². The van der Waals surface area contributed by atoms with Gasteiger partial charge in [-0.15, -0.1) is 0 Å². The van der Waals surface area contributed by atoms with Gasteiger partial charge in [0.05, 0.1) is 11.6 Å². The number of aromatic nitrogens is 3. The second kappa shape index (κ2) is 8.90. The summed E-state index contributed by atoms with van der Waals surface area (Å²) in [5.41, 5.74) is 3.88. The Morgan fingerprint density at radius 2 is 1.87 bits per heavy atom. The molecule has 0 aliphatic carbocycles. The molecule has 1 aliphatic rings. The van der Waals surface area contributed by atoms with E-state index in [1.165, 1.54) is 15.6 Å². The van der Waals surface area contributed by atoms with Gasteiger partial charge in [0, 0.05) is 0 Å². The Kier molecular flexibility index (Phi) is 6.25. The molecule has 0 spiro atoms. The number of thiazole rings is 1. The van der Waals surface area contributed by atoms with Crippen molar-refractivity contribution in [1.82, 2.24) is 19.3 Å². The molecule has 2 aromatic heterocycles. The molecule has 0 saturated carbocycles. The Balaban J connectivity index is 1.62. The topological polar surface area (TPSA) is 115 Å². The molecule has 1 aromatic carbocycles. The number of nitrogens with zero attached hydrogens (tertiary/aromatic N) is 6. The van der Waals surface area contributed by atoms with Gasteiger partial charge in [0.25, 0.3) is 0 Å². The summed E-state index contributed by atoms with van der Waals surface area (Å²) in [6.45, 7) is -1.30. The van der Waals surface area contributed by atoms with Crippen molar-refractivity contribution in [1.29, 1.82) is 5.26 Å². The second-order valence-corrected chi connectivity index (χ2v) is 13.2. The van der Waals surface area contributed by atoms with Gasteiger partial charge >= 0.3 is 176 Å². The average molecular weight is 637 g/mol. The molecule has 0 radical (unpaired) electrons. The summed E-state index contributed by atoms with van der Waals surface area (Å²) in [5.74, 6) is 1.15. The monoisotopic (exact) mass is 636 g/mol. The van der Waals surface area contributed by atoms with Gasteiger partial charge < -0.3 is 0 Å². The van der Waals surface area contributed by atoms with Crippen molar-refractivity contribution in [2.24, 2.45) is 0 Å². The fourth-order valence-electron chi connectivity index (χ4n) is 2.99. The Morgan fingerprint density at radius 1 is 1.13 bits per heavy atom. The van der Waals surface area contributed by atoms with Crippen LogP contribution in [0.5, 0.6) is 0 Å². The molecule has 3 heterocycles. The zero-order valence-electron chi connectivity index (χ0n) is 15.6. The number of hydrogen-bond donors (Lipinski definition) is 1. The molecule has 3 aromatic rings. The first-order valence-electron chi connectivity index (χ1n) is 8.92. The second-order valence-electron chi connectivity index (χ2n) is 6.45. The minimum absolute atomic E-state index is 0.408. The van der Waals surface area contributed by atoms with Gasteiger partial charge in [-0.25, -0.2) is 0 Å². The molecule has 1 N–H and O–H groups in total. The molecule has 30 heavy (non-hydrogen) atoms. The maximum atomic E-state index is 11.8. The zero-order valence-corrected chi connectivity index (χ0v) is 20.1. The molecule has 1 saturated heterocycles. The fourth-order valence-corrected chi connectivity index (χ4v) is 5.78. The molecule has 1 fully saturated rings. The number of anilines is 3. The van der Waals surface area contributed by atoms with Crippen molar-refractivity contribution in [3.63, 3.8) is 0 Å². The van der Waals surface area contributed by atoms with Crippen LogP contribution in [0.15, 0.2) is 42.0 Å². The van der Waals surface area contributed by atoms with Gasteiger partial charge in [-0.3, -0.25) is 0 Å². The van der Waals surface area contributed by atoms with Crippen LogP contribution in [0, 0.1) is 34.6 Å². The average Bonchev–Trinajstić information content (AvgIpc) is 3.29. The van der Waals surface area contributed by atoms with Gasteiger partial charge in [0.15, 0.2) is 0 Å². The summed E-state index contributed by atoms with van der Waals surface area (Å²) in [7, 11) is 0. The third-order valence-corrected chi connectivity index (χ3v) is 8.57. The van der Waals surface area contributed by atoms with Crippen LogP contribution in [0.1, 0.15) is 5.56 Å². The standard InChI is InChI=1S/C18H16AtN7O2S2/c19-30(27,28)26-7-5-25(6-8-26)18-23-15(16-11-21-12-29-16)9-17(24-18)22-14-3-1-13(10-20)2-4-14/h1-4,9,11-12H,5-8H2,(H,22,23,24). The SMILES string of the molecule is N#Cc1ccc(Nc2cc(-c3cncs3)nc(N3CCN(S(=O)(=O)[At])CC3)n2)cc1. The van der Waals surface area contributed by atoms with E-state index in [0.717, 1.165) is 39.5 Å². The zero-order chi connectivity index (χ0) is 21.1. The van der Waals surface area contributed by atoms with Gasteiger partial charge in [0.1, 0.15) is 0 Å². The van der Waals surface area contributed by atoms with E-state index in [9.17, 15) is 8.42 Å². The van der Waals surface area contributed by atoms with Gasteiger partial charge in [-0.05, 0) is 0 Å². The normalized spacial score (nSPS) is 15.0. The van der Waals surface area contributed by atoms with Crippen molar-refractivity contribution in [2.75, 3.05) is 36.4 Å². The van der Waals surface area contributed by atoms with Crippen molar-refractivity contribution < 1.29 is 31.7 Å². The number of piperazine rings is 1. The summed E-state index contributed by atoms with van der Waals surface area (Å²) in [5, 5.41) is 12.2. The summed E-state index contributed by atoms with van der Waals surface area (Å²) in [6, 6.07) is 11.1. The van der Waals surface area contributed by atoms with Crippen LogP contribution >= 0.6 is 11.3 Å². The van der Waals surface area contributed by atoms with Gasteiger partial charge in [-0.2, -0.15) is 5.26 Å². The van der Waals surface area contributed by atoms with Crippen LogP contribution in [-0.2, 0) is 6.78 Å². The van der Waals surface area contributed by atoms with E-state index in [1.807, 2.05) is 23.1 Å². The fraction of sp³-hybridized carbons (Fsp3) is 0.222. The van der Waals surface area contributed by atoms with Crippen molar-refractivity contribution in [3.05, 3.63) is 47.6 Å². The van der Waals surface area contributed by atoms with E-state index in [0.29, 0.717) is 43.5 Å². The number of hydrogen-bond acceptors (Lipinski definition) is 9. The predicted octanol–water partition coefficient (Wildman–Crippen LogP) is 2.13. The van der Waals surface area contributed by atoms with Crippen molar-refractivity contribution >= 4 is 35.6 Å². The number of nitrogens with one attached hydrogen (secondary N) is 1. The molecule has 4 rings (SSSR count). The molecule has 0 amide bonds. The Labute approximate surface area is 191 Å². The molecule has 1 aliphatic heterocycles. The van der Waals surface area contributed by atoms with Crippen LogP contribution in [-0.4, -0.2) is 53.9 Å². The molecule has 9 nitrogen and oxygen atoms in total. The first-order chi connectivity index (χ1) is 14.4. The van der Waals surface area contributed by atoms with E-state index in [4.69, 9.17) is 10.2 Å². The molecular formula is C18H16AtN7O2S2. The van der Waals surface area contributed by atoms with Gasteiger partial charge in [0.2, 0.25) is 0 Å². The quantitative estimate of drug-likeness (QED) is 0.454. The third kappa shape index (κ3) is 4.92. The van der Waals surface area contributed by atoms with Gasteiger partial charge in [-0.1, -0.05) is 0 Å². The summed E-state index contributed by atoms with van der Waals surface area (Å²) in [4.78, 5) is 16.4. The van der Waals surface area contributed by atoms with Crippen LogP contribution in [0.2, 0.25) is 0 Å². The molecule has 12 heteroatoms. The third-order valence-electron chi connectivity index (χ3n) is 4.52. The van der Waals surface area contributed by atoms with Crippen molar-refractivity contribution in [3.8, 4) is 16.6 Å². The molecule has 0 unspecified atom stereocenters. The van der Waals surface area contributed by atoms with E-state index < -0.39 is 6.78 Å². The number of benzene rings is 1. The molecular weight excluding hydrogens is 620 g/mol. The van der Waals surface area contributed by atoms with E-state index in [-0.39, 0.29) is 0 Å². The van der Waals surface area contributed by atoms with Crippen molar-refractivity contribution in [2.45, 2.75) is 0 Å². The first-order valence-corrected chi connectivity index (χ1v) is 14.7.